The highest BCUT2D eigenvalue weighted by Gasteiger charge is 2.22. The number of aromatic nitrogens is 3. The van der Waals surface area contributed by atoms with Crippen LogP contribution in [-0.4, -0.2) is 60.9 Å². The van der Waals surface area contributed by atoms with E-state index in [9.17, 15) is 8.42 Å². The molecule has 9 nitrogen and oxygen atoms in total. The predicted octanol–water partition coefficient (Wildman–Crippen LogP) is 3.15. The van der Waals surface area contributed by atoms with Crippen LogP contribution >= 0.6 is 0 Å². The number of sulfonamides is 1. The maximum atomic E-state index is 12.4. The number of aliphatic hydroxyl groups excluding tert-OH is 1. The van der Waals surface area contributed by atoms with E-state index >= 15 is 0 Å². The largest absolute Gasteiger partial charge is 0.395 e. The monoisotopic (exact) mass is 493 g/mol. The molecule has 35 heavy (non-hydrogen) atoms. The van der Waals surface area contributed by atoms with Crippen LogP contribution in [0.15, 0.2) is 65.8 Å². The first-order valence-electron chi connectivity index (χ1n) is 11.6. The van der Waals surface area contributed by atoms with E-state index in [1.807, 2.05) is 30.3 Å². The molecule has 4 aromatic rings. The number of anilines is 1. The summed E-state index contributed by atoms with van der Waals surface area (Å²) in [6, 6.07) is 16.6. The lowest BCUT2D eigenvalue weighted by atomic mass is 9.99. The van der Waals surface area contributed by atoms with E-state index in [-0.39, 0.29) is 24.2 Å². The molecule has 1 fully saturated rings. The molecule has 1 aliphatic heterocycles. The molecule has 4 N–H and O–H groups in total. The number of rotatable bonds is 9. The zero-order valence-corrected chi connectivity index (χ0v) is 19.9. The van der Waals surface area contributed by atoms with Crippen LogP contribution in [0.2, 0.25) is 0 Å². The van der Waals surface area contributed by atoms with E-state index < -0.39 is 10.0 Å². The quantitative estimate of drug-likeness (QED) is 0.282. The highest BCUT2D eigenvalue weighted by molar-refractivity contribution is 7.89. The van der Waals surface area contributed by atoms with E-state index in [1.54, 1.807) is 24.3 Å². The molecule has 0 amide bonds. The number of nitrogens with zero attached hydrogens (tertiary/aromatic N) is 2. The Bertz CT molecular complexity index is 1400. The molecule has 1 atom stereocenters. The standard InChI is InChI=1S/C25H27N5O4S/c31-13-12-29-35(32,33)20-10-8-18(9-11-20)23-21(17-5-2-1-3-6-17)22-24(27-16-28-25(22)30-23)26-15-19-7-4-14-34-19/h1-3,5-6,8-11,16,19,29,31H,4,7,12-15H2,(H2,26,27,28,30)/t19-/m0/s1. The molecule has 3 heterocycles. The van der Waals surface area contributed by atoms with Crippen LogP contribution in [0.5, 0.6) is 0 Å². The average molecular weight is 494 g/mol. The normalized spacial score (nSPS) is 16.1. The van der Waals surface area contributed by atoms with Gasteiger partial charge in [0.15, 0.2) is 0 Å². The molecule has 0 unspecified atom stereocenters. The highest BCUT2D eigenvalue weighted by Crippen LogP contribution is 2.40. The molecular formula is C25H27N5O4S. The maximum Gasteiger partial charge on any atom is 0.240 e. The van der Waals surface area contributed by atoms with Gasteiger partial charge in [0.1, 0.15) is 17.8 Å². The van der Waals surface area contributed by atoms with Crippen molar-refractivity contribution in [2.24, 2.45) is 0 Å². The van der Waals surface area contributed by atoms with Crippen LogP contribution < -0.4 is 10.0 Å². The Morgan fingerprint density at radius 2 is 1.86 bits per heavy atom. The Kier molecular flexibility index (Phi) is 6.78. The molecule has 1 aliphatic rings. The summed E-state index contributed by atoms with van der Waals surface area (Å²) in [6.45, 7) is 1.15. The third-order valence-electron chi connectivity index (χ3n) is 6.03. The van der Waals surface area contributed by atoms with Gasteiger partial charge in [0.05, 0.1) is 28.7 Å². The number of aromatic amines is 1. The van der Waals surface area contributed by atoms with Gasteiger partial charge in [-0.1, -0.05) is 42.5 Å². The third-order valence-corrected chi connectivity index (χ3v) is 7.51. The number of aliphatic hydroxyl groups is 1. The first-order chi connectivity index (χ1) is 17.1. The number of ether oxygens (including phenoxy) is 1. The van der Waals surface area contributed by atoms with Crippen molar-refractivity contribution in [3.8, 4) is 22.4 Å². The van der Waals surface area contributed by atoms with Gasteiger partial charge in [0.25, 0.3) is 0 Å². The lowest BCUT2D eigenvalue weighted by molar-refractivity contribution is 0.120. The molecule has 2 aromatic carbocycles. The van der Waals surface area contributed by atoms with E-state index in [2.05, 4.69) is 25.0 Å². The molecule has 0 bridgehead atoms. The second-order valence-electron chi connectivity index (χ2n) is 8.35. The van der Waals surface area contributed by atoms with Crippen molar-refractivity contribution >= 4 is 26.9 Å². The van der Waals surface area contributed by atoms with Crippen LogP contribution in [0.1, 0.15) is 12.8 Å². The number of H-pyrrole nitrogens is 1. The average Bonchev–Trinajstić information content (AvgIpc) is 3.55. The Labute approximate surface area is 203 Å². The van der Waals surface area contributed by atoms with Gasteiger partial charge in [-0.3, -0.25) is 0 Å². The van der Waals surface area contributed by atoms with Crippen molar-refractivity contribution in [2.75, 3.05) is 31.6 Å². The summed E-state index contributed by atoms with van der Waals surface area (Å²) >= 11 is 0. The van der Waals surface area contributed by atoms with E-state index in [4.69, 9.17) is 9.84 Å². The molecule has 0 saturated carbocycles. The topological polar surface area (TPSA) is 129 Å². The summed E-state index contributed by atoms with van der Waals surface area (Å²) < 4.78 is 33.0. The molecule has 0 aliphatic carbocycles. The highest BCUT2D eigenvalue weighted by atomic mass is 32.2. The zero-order chi connectivity index (χ0) is 24.3. The summed E-state index contributed by atoms with van der Waals surface area (Å²) in [5, 5.41) is 13.3. The van der Waals surface area contributed by atoms with Crippen molar-refractivity contribution in [3.05, 3.63) is 60.9 Å². The van der Waals surface area contributed by atoms with E-state index in [1.165, 1.54) is 6.33 Å². The lowest BCUT2D eigenvalue weighted by Crippen LogP contribution is -2.26. The van der Waals surface area contributed by atoms with Gasteiger partial charge in [0, 0.05) is 25.3 Å². The molecular weight excluding hydrogens is 466 g/mol. The minimum absolute atomic E-state index is 0.0371. The lowest BCUT2D eigenvalue weighted by Gasteiger charge is -2.13. The van der Waals surface area contributed by atoms with Crippen molar-refractivity contribution in [1.29, 1.82) is 0 Å². The van der Waals surface area contributed by atoms with Crippen LogP contribution in [0.4, 0.5) is 5.82 Å². The Balaban J connectivity index is 1.58. The number of benzene rings is 2. The SMILES string of the molecule is O=S(=O)(NCCO)c1ccc(-c2[nH]c3ncnc(NC[C@@H]4CCCO4)c3c2-c2ccccc2)cc1. The second-order valence-corrected chi connectivity index (χ2v) is 10.1. The van der Waals surface area contributed by atoms with Crippen LogP contribution in [0.3, 0.4) is 0 Å². The van der Waals surface area contributed by atoms with Crippen LogP contribution in [-0.2, 0) is 14.8 Å². The van der Waals surface area contributed by atoms with Crippen LogP contribution in [0, 0.1) is 0 Å². The summed E-state index contributed by atoms with van der Waals surface area (Å²) in [5.41, 5.74) is 4.24. The fourth-order valence-electron chi connectivity index (χ4n) is 4.35. The first-order valence-corrected chi connectivity index (χ1v) is 13.0. The first kappa shape index (κ1) is 23.4. The van der Waals surface area contributed by atoms with Crippen molar-refractivity contribution in [2.45, 2.75) is 23.8 Å². The zero-order valence-electron chi connectivity index (χ0n) is 19.1. The summed E-state index contributed by atoms with van der Waals surface area (Å²) in [5.74, 6) is 0.722. The van der Waals surface area contributed by atoms with Crippen molar-refractivity contribution < 1.29 is 18.3 Å². The van der Waals surface area contributed by atoms with Gasteiger partial charge < -0.3 is 20.1 Å². The van der Waals surface area contributed by atoms with Gasteiger partial charge in [-0.05, 0) is 36.1 Å². The van der Waals surface area contributed by atoms with Gasteiger partial charge in [-0.2, -0.15) is 0 Å². The van der Waals surface area contributed by atoms with E-state index in [0.717, 1.165) is 53.0 Å². The molecule has 2 aromatic heterocycles. The minimum atomic E-state index is -3.69. The third kappa shape index (κ3) is 4.92. The molecule has 0 radical (unpaired) electrons. The van der Waals surface area contributed by atoms with Gasteiger partial charge in [-0.25, -0.2) is 23.1 Å². The predicted molar refractivity (Wildman–Crippen MR) is 134 cm³/mol. The fraction of sp³-hybridized carbons (Fsp3) is 0.280. The molecule has 5 rings (SSSR count). The minimum Gasteiger partial charge on any atom is -0.395 e. The summed E-state index contributed by atoms with van der Waals surface area (Å²) in [6.07, 6.45) is 3.77. The van der Waals surface area contributed by atoms with Crippen molar-refractivity contribution in [3.63, 3.8) is 0 Å². The maximum absolute atomic E-state index is 12.4. The number of fused-ring (bicyclic) bond motifs is 1. The Morgan fingerprint density at radius 3 is 2.57 bits per heavy atom. The molecule has 1 saturated heterocycles. The molecule has 182 valence electrons. The van der Waals surface area contributed by atoms with Gasteiger partial charge in [0.2, 0.25) is 10.0 Å². The van der Waals surface area contributed by atoms with Gasteiger partial charge >= 0.3 is 0 Å². The molecule has 10 heteroatoms. The summed E-state index contributed by atoms with van der Waals surface area (Å²) in [4.78, 5) is 12.6. The number of nitrogens with one attached hydrogen (secondary N) is 3. The number of hydrogen-bond donors (Lipinski definition) is 4. The fourth-order valence-corrected chi connectivity index (χ4v) is 5.37. The second kappa shape index (κ2) is 10.1. The summed E-state index contributed by atoms with van der Waals surface area (Å²) in [7, 11) is -3.69. The van der Waals surface area contributed by atoms with Crippen LogP contribution in [0.25, 0.3) is 33.4 Å². The van der Waals surface area contributed by atoms with E-state index in [0.29, 0.717) is 12.2 Å². The van der Waals surface area contributed by atoms with Gasteiger partial charge in [-0.15, -0.1) is 0 Å². The molecule has 0 spiro atoms. The smallest absolute Gasteiger partial charge is 0.240 e. The van der Waals surface area contributed by atoms with Crippen molar-refractivity contribution in [1.82, 2.24) is 19.7 Å². The Hall–Kier alpha value is -3.31. The number of hydrogen-bond acceptors (Lipinski definition) is 7. The Morgan fingerprint density at radius 1 is 1.06 bits per heavy atom.